The van der Waals surface area contributed by atoms with Gasteiger partial charge >= 0.3 is 6.09 Å². The molecule has 2 aliphatic rings. The van der Waals surface area contributed by atoms with Gasteiger partial charge in [-0.1, -0.05) is 11.6 Å². The van der Waals surface area contributed by atoms with Crippen molar-refractivity contribution >= 4 is 46.4 Å². The molecule has 9 heteroatoms. The van der Waals surface area contributed by atoms with Crippen molar-refractivity contribution in [3.8, 4) is 0 Å². The highest BCUT2D eigenvalue weighted by molar-refractivity contribution is 6.31. The normalized spacial score (nSPS) is 18.4. The van der Waals surface area contributed by atoms with Crippen molar-refractivity contribution < 1.29 is 14.3 Å². The molecule has 0 aromatic heterocycles. The molecule has 0 spiro atoms. The van der Waals surface area contributed by atoms with Gasteiger partial charge in [-0.2, -0.15) is 0 Å². The van der Waals surface area contributed by atoms with E-state index in [0.717, 1.165) is 30.9 Å². The van der Waals surface area contributed by atoms with Gasteiger partial charge in [0, 0.05) is 75.4 Å². The molecule has 2 amide bonds. The molecule has 2 aromatic carbocycles. The average molecular weight is 514 g/mol. The quantitative estimate of drug-likeness (QED) is 0.605. The average Bonchev–Trinajstić information content (AvgIpc) is 3.35. The highest BCUT2D eigenvalue weighted by Gasteiger charge is 2.27. The van der Waals surface area contributed by atoms with Crippen molar-refractivity contribution in [3.05, 3.63) is 47.5 Å². The van der Waals surface area contributed by atoms with E-state index in [1.165, 1.54) is 12.6 Å². The van der Waals surface area contributed by atoms with Crippen LogP contribution in [-0.4, -0.2) is 76.4 Å². The topological polar surface area (TPSA) is 68.4 Å². The van der Waals surface area contributed by atoms with E-state index in [1.54, 1.807) is 18.0 Å². The molecule has 1 N–H and O–H groups in total. The highest BCUT2D eigenvalue weighted by Crippen LogP contribution is 2.32. The van der Waals surface area contributed by atoms with Crippen LogP contribution in [0.25, 0.3) is 0 Å². The van der Waals surface area contributed by atoms with E-state index >= 15 is 0 Å². The molecule has 4 rings (SSSR count). The third-order valence-electron chi connectivity index (χ3n) is 7.09. The van der Waals surface area contributed by atoms with Gasteiger partial charge in [0.05, 0.1) is 11.4 Å². The number of benzene rings is 2. The van der Waals surface area contributed by atoms with Gasteiger partial charge in [-0.25, -0.2) is 4.79 Å². The summed E-state index contributed by atoms with van der Waals surface area (Å²) in [4.78, 5) is 32.9. The Hall–Kier alpha value is -2.97. The number of nitrogens with zero attached hydrogens (tertiary/aromatic N) is 4. The third-order valence-corrected chi connectivity index (χ3v) is 7.32. The fraction of sp³-hybridized carbons (Fsp3) is 0.481. The van der Waals surface area contributed by atoms with Gasteiger partial charge in [-0.05, 0) is 63.0 Å². The zero-order valence-corrected chi connectivity index (χ0v) is 22.3. The second-order valence-corrected chi connectivity index (χ2v) is 10.3. The summed E-state index contributed by atoms with van der Waals surface area (Å²) in [6.45, 7) is 4.97. The number of piperidine rings is 1. The molecule has 36 heavy (non-hydrogen) atoms. The van der Waals surface area contributed by atoms with Crippen LogP contribution >= 0.6 is 11.6 Å². The summed E-state index contributed by atoms with van der Waals surface area (Å²) in [5.74, 6) is -0.142. The first-order valence-corrected chi connectivity index (χ1v) is 12.9. The Bertz CT molecular complexity index is 1070. The molecule has 2 saturated heterocycles. The number of rotatable bonds is 6. The van der Waals surface area contributed by atoms with E-state index in [9.17, 15) is 9.59 Å². The minimum atomic E-state index is -0.347. The number of likely N-dealkylation sites (N-methyl/N-ethyl adjacent to an activating group) is 1. The van der Waals surface area contributed by atoms with E-state index in [-0.39, 0.29) is 18.1 Å². The first kappa shape index (κ1) is 26.1. The first-order valence-electron chi connectivity index (χ1n) is 12.5. The summed E-state index contributed by atoms with van der Waals surface area (Å²) in [6, 6.07) is 14.2. The zero-order valence-electron chi connectivity index (χ0n) is 21.5. The van der Waals surface area contributed by atoms with Crippen LogP contribution in [0.4, 0.5) is 27.5 Å². The second-order valence-electron chi connectivity index (χ2n) is 9.84. The van der Waals surface area contributed by atoms with Crippen LogP contribution in [0.15, 0.2) is 42.5 Å². The fourth-order valence-electron chi connectivity index (χ4n) is 4.90. The standard InChI is InChI=1S/C27H36ClN5O3/c1-19(34)29-25-17-20(28)5-10-26(25)32-15-12-24(13-16-32)36-27(35)31(4)21-6-8-22(9-7-21)33-14-11-23(18-33)30(2)3/h5-10,17,23-24H,11-16,18H2,1-4H3,(H,29,34). The molecule has 1 atom stereocenters. The molecule has 194 valence electrons. The summed E-state index contributed by atoms with van der Waals surface area (Å²) in [7, 11) is 6.00. The molecule has 0 bridgehead atoms. The molecule has 0 aliphatic carbocycles. The van der Waals surface area contributed by atoms with Crippen LogP contribution in [-0.2, 0) is 9.53 Å². The van der Waals surface area contributed by atoms with Gasteiger partial charge in [0.1, 0.15) is 6.10 Å². The van der Waals surface area contributed by atoms with Crippen molar-refractivity contribution in [2.24, 2.45) is 0 Å². The number of halogens is 1. The first-order chi connectivity index (χ1) is 17.2. The minimum Gasteiger partial charge on any atom is -0.446 e. The molecular formula is C27H36ClN5O3. The van der Waals surface area contributed by atoms with Crippen LogP contribution in [0.3, 0.4) is 0 Å². The summed E-state index contributed by atoms with van der Waals surface area (Å²) in [6.07, 6.45) is 2.08. The lowest BCUT2D eigenvalue weighted by Crippen LogP contribution is -2.40. The monoisotopic (exact) mass is 513 g/mol. The van der Waals surface area contributed by atoms with Crippen molar-refractivity contribution in [1.82, 2.24) is 4.90 Å². The number of anilines is 4. The molecule has 2 fully saturated rings. The third kappa shape index (κ3) is 6.23. The summed E-state index contributed by atoms with van der Waals surface area (Å²) >= 11 is 6.12. The van der Waals surface area contributed by atoms with Crippen LogP contribution in [0, 0.1) is 0 Å². The van der Waals surface area contributed by atoms with E-state index in [4.69, 9.17) is 16.3 Å². The van der Waals surface area contributed by atoms with E-state index < -0.39 is 0 Å². The van der Waals surface area contributed by atoms with Gasteiger partial charge in [-0.3, -0.25) is 9.69 Å². The highest BCUT2D eigenvalue weighted by atomic mass is 35.5. The van der Waals surface area contributed by atoms with Crippen LogP contribution in [0.1, 0.15) is 26.2 Å². The minimum absolute atomic E-state index is 0.142. The number of hydrogen-bond acceptors (Lipinski definition) is 6. The Morgan fingerprint density at radius 2 is 1.64 bits per heavy atom. The van der Waals surface area contributed by atoms with Gasteiger partial charge < -0.3 is 24.8 Å². The van der Waals surface area contributed by atoms with Gasteiger partial charge in [0.15, 0.2) is 0 Å². The Balaban J connectivity index is 1.30. The number of carbonyl (C=O) groups excluding carboxylic acids is 2. The number of amides is 2. The molecule has 2 heterocycles. The zero-order chi connectivity index (χ0) is 25.8. The summed E-state index contributed by atoms with van der Waals surface area (Å²) in [5, 5.41) is 3.42. The number of hydrogen-bond donors (Lipinski definition) is 1. The summed E-state index contributed by atoms with van der Waals surface area (Å²) < 4.78 is 5.83. The number of nitrogens with one attached hydrogen (secondary N) is 1. The van der Waals surface area contributed by atoms with Gasteiger partial charge in [-0.15, -0.1) is 0 Å². The molecule has 2 aromatic rings. The van der Waals surface area contributed by atoms with Crippen LogP contribution in [0.2, 0.25) is 5.02 Å². The van der Waals surface area contributed by atoms with Crippen molar-refractivity contribution in [2.75, 3.05) is 67.3 Å². The van der Waals surface area contributed by atoms with E-state index in [1.807, 2.05) is 24.3 Å². The molecule has 1 unspecified atom stereocenters. The van der Waals surface area contributed by atoms with Crippen molar-refractivity contribution in [2.45, 2.75) is 38.3 Å². The maximum Gasteiger partial charge on any atom is 0.414 e. The predicted octanol–water partition coefficient (Wildman–Crippen LogP) is 4.68. The maximum atomic E-state index is 12.8. The molecule has 0 saturated carbocycles. The van der Waals surface area contributed by atoms with Crippen LogP contribution < -0.4 is 20.0 Å². The number of ether oxygens (including phenoxy) is 1. The molecular weight excluding hydrogens is 478 g/mol. The lowest BCUT2D eigenvalue weighted by Gasteiger charge is -2.35. The van der Waals surface area contributed by atoms with Crippen LogP contribution in [0.5, 0.6) is 0 Å². The Morgan fingerprint density at radius 1 is 0.972 bits per heavy atom. The SMILES string of the molecule is CC(=O)Nc1cc(Cl)ccc1N1CCC(OC(=O)N(C)c2ccc(N3CCC(N(C)C)C3)cc2)CC1. The van der Waals surface area contributed by atoms with E-state index in [0.29, 0.717) is 42.7 Å². The second kappa shape index (κ2) is 11.4. The Labute approximate surface area is 218 Å². The number of carbonyl (C=O) groups is 2. The van der Waals surface area contributed by atoms with Crippen molar-refractivity contribution in [1.29, 1.82) is 0 Å². The lowest BCUT2D eigenvalue weighted by atomic mass is 10.1. The van der Waals surface area contributed by atoms with Gasteiger partial charge in [0.25, 0.3) is 0 Å². The molecule has 2 aliphatic heterocycles. The molecule has 8 nitrogen and oxygen atoms in total. The smallest absolute Gasteiger partial charge is 0.414 e. The Kier molecular flexibility index (Phi) is 8.26. The predicted molar refractivity (Wildman–Crippen MR) is 147 cm³/mol. The van der Waals surface area contributed by atoms with E-state index in [2.05, 4.69) is 46.2 Å². The largest absolute Gasteiger partial charge is 0.446 e. The lowest BCUT2D eigenvalue weighted by molar-refractivity contribution is -0.114. The Morgan fingerprint density at radius 3 is 2.25 bits per heavy atom. The summed E-state index contributed by atoms with van der Waals surface area (Å²) in [5.41, 5.74) is 3.61. The fourth-order valence-corrected chi connectivity index (χ4v) is 5.07. The van der Waals surface area contributed by atoms with Gasteiger partial charge in [0.2, 0.25) is 5.91 Å². The van der Waals surface area contributed by atoms with Crippen molar-refractivity contribution in [3.63, 3.8) is 0 Å². The maximum absolute atomic E-state index is 12.8. The molecule has 0 radical (unpaired) electrons.